The van der Waals surface area contributed by atoms with E-state index in [9.17, 15) is 35.9 Å². The second kappa shape index (κ2) is 8.00. The molecule has 0 saturated heterocycles. The van der Waals surface area contributed by atoms with Crippen molar-refractivity contribution < 1.29 is 35.9 Å². The molecule has 2 aromatic carbocycles. The summed E-state index contributed by atoms with van der Waals surface area (Å²) in [5, 5.41) is 0. The first-order valence-electron chi connectivity index (χ1n) is 8.81. The van der Waals surface area contributed by atoms with Gasteiger partial charge in [-0.25, -0.2) is 0 Å². The lowest BCUT2D eigenvalue weighted by molar-refractivity contribution is -0.186. The van der Waals surface area contributed by atoms with E-state index in [1.54, 1.807) is 0 Å². The third-order valence-corrected chi connectivity index (χ3v) is 4.60. The number of hydrogen-bond donors (Lipinski definition) is 0. The van der Waals surface area contributed by atoms with E-state index < -0.39 is 24.2 Å². The number of hydrogen-bond acceptors (Lipinski definition) is 2. The molecule has 10 heteroatoms. The van der Waals surface area contributed by atoms with Gasteiger partial charge in [-0.1, -0.05) is 48.5 Å². The van der Waals surface area contributed by atoms with Crippen LogP contribution in [0.2, 0.25) is 0 Å². The Morgan fingerprint density at radius 2 is 0.733 bits per heavy atom. The first-order valence-corrected chi connectivity index (χ1v) is 8.81. The molecule has 0 atom stereocenters. The van der Waals surface area contributed by atoms with E-state index in [1.165, 1.54) is 48.5 Å². The minimum Gasteiger partial charge on any atom is -0.326 e. The molecule has 2 amide bonds. The predicted molar refractivity (Wildman–Crippen MR) is 93.5 cm³/mol. The van der Waals surface area contributed by atoms with E-state index in [1.807, 2.05) is 0 Å². The van der Waals surface area contributed by atoms with Crippen LogP contribution in [0.4, 0.5) is 26.3 Å². The number of amides is 2. The average molecular weight is 430 g/mol. The summed E-state index contributed by atoms with van der Waals surface area (Å²) in [4.78, 5) is 25.0. The van der Waals surface area contributed by atoms with E-state index in [2.05, 4.69) is 0 Å². The van der Waals surface area contributed by atoms with Crippen LogP contribution in [0.3, 0.4) is 0 Å². The highest BCUT2D eigenvalue weighted by molar-refractivity contribution is 5.82. The number of rotatable bonds is 0. The number of benzene rings is 2. The van der Waals surface area contributed by atoms with Crippen LogP contribution in [-0.4, -0.2) is 34.0 Å². The maximum absolute atomic E-state index is 13.0. The molecule has 0 saturated carbocycles. The molecule has 0 radical (unpaired) electrons. The summed E-state index contributed by atoms with van der Waals surface area (Å²) in [5.74, 6) is -3.96. The molecule has 4 bridgehead atoms. The molecular weight excluding hydrogens is 414 g/mol. The number of halogens is 6. The van der Waals surface area contributed by atoms with E-state index in [0.717, 1.165) is 0 Å². The Labute approximate surface area is 167 Å². The van der Waals surface area contributed by atoms with Gasteiger partial charge in [0.25, 0.3) is 0 Å². The standard InChI is InChI=1S/C20H16F6N2O2/c21-19(22,23)17(29)27-9-13-1-2-14(4-3-13)10-28(18(30)20(24,25)26)12-16-7-5-15(11-27)6-8-16/h1-8H,9-12H2. The Morgan fingerprint density at radius 1 is 0.533 bits per heavy atom. The van der Waals surface area contributed by atoms with Crippen LogP contribution in [-0.2, 0) is 35.8 Å². The highest BCUT2D eigenvalue weighted by Crippen LogP contribution is 2.25. The lowest BCUT2D eigenvalue weighted by Crippen LogP contribution is -2.40. The molecule has 0 unspecified atom stereocenters. The molecule has 160 valence electrons. The first kappa shape index (κ1) is 21.7. The lowest BCUT2D eigenvalue weighted by Gasteiger charge is -2.26. The predicted octanol–water partition coefficient (Wildman–Crippen LogP) is 4.18. The fourth-order valence-corrected chi connectivity index (χ4v) is 3.14. The topological polar surface area (TPSA) is 40.6 Å². The van der Waals surface area contributed by atoms with Crippen molar-refractivity contribution in [1.82, 2.24) is 9.80 Å². The quantitative estimate of drug-likeness (QED) is 0.589. The van der Waals surface area contributed by atoms with Crippen molar-refractivity contribution in [3.63, 3.8) is 0 Å². The Morgan fingerprint density at radius 3 is 0.900 bits per heavy atom. The maximum Gasteiger partial charge on any atom is 0.471 e. The van der Waals surface area contributed by atoms with Gasteiger partial charge in [-0.2, -0.15) is 26.3 Å². The van der Waals surface area contributed by atoms with Crippen molar-refractivity contribution in [3.8, 4) is 0 Å². The highest BCUT2D eigenvalue weighted by atomic mass is 19.4. The highest BCUT2D eigenvalue weighted by Gasteiger charge is 2.43. The Bertz CT molecular complexity index is 793. The third-order valence-electron chi connectivity index (χ3n) is 4.60. The molecule has 4 aliphatic heterocycles. The monoisotopic (exact) mass is 430 g/mol. The molecule has 2 aromatic rings. The fraction of sp³-hybridized carbons (Fsp3) is 0.300. The van der Waals surface area contributed by atoms with Crippen molar-refractivity contribution in [2.24, 2.45) is 0 Å². The smallest absolute Gasteiger partial charge is 0.326 e. The van der Waals surface area contributed by atoms with Gasteiger partial charge in [0, 0.05) is 26.2 Å². The van der Waals surface area contributed by atoms with Crippen molar-refractivity contribution in [2.45, 2.75) is 38.5 Å². The van der Waals surface area contributed by atoms with Crippen molar-refractivity contribution in [3.05, 3.63) is 70.8 Å². The lowest BCUT2D eigenvalue weighted by atomic mass is 10.1. The normalized spacial score (nSPS) is 15.3. The maximum atomic E-state index is 13.0. The molecule has 4 heterocycles. The number of nitrogens with zero attached hydrogens (tertiary/aromatic N) is 2. The third kappa shape index (κ3) is 5.11. The van der Waals surface area contributed by atoms with Crippen LogP contribution in [0.25, 0.3) is 0 Å². The summed E-state index contributed by atoms with van der Waals surface area (Å²) < 4.78 is 77.9. The zero-order chi connectivity index (χ0) is 22.1. The summed E-state index contributed by atoms with van der Waals surface area (Å²) in [5.41, 5.74) is 1.50. The molecule has 4 nitrogen and oxygen atoms in total. The van der Waals surface area contributed by atoms with Crippen LogP contribution in [0.5, 0.6) is 0 Å². The number of carbonyl (C=O) groups is 2. The van der Waals surface area contributed by atoms with Gasteiger partial charge in [-0.05, 0) is 22.3 Å². The fourth-order valence-electron chi connectivity index (χ4n) is 3.14. The molecule has 0 fully saturated rings. The van der Waals surface area contributed by atoms with Gasteiger partial charge in [0.1, 0.15) is 0 Å². The summed E-state index contributed by atoms with van der Waals surface area (Å²) in [6.07, 6.45) is -10.1. The molecule has 0 aromatic heterocycles. The summed E-state index contributed by atoms with van der Waals surface area (Å²) in [6.45, 7) is -1.31. The van der Waals surface area contributed by atoms with E-state index in [4.69, 9.17) is 0 Å². The van der Waals surface area contributed by atoms with Gasteiger partial charge in [0.05, 0.1) is 0 Å². The Hall–Kier alpha value is -3.04. The molecule has 4 aliphatic rings. The zero-order valence-electron chi connectivity index (χ0n) is 15.4. The second-order valence-electron chi connectivity index (χ2n) is 6.95. The van der Waals surface area contributed by atoms with Crippen LogP contribution >= 0.6 is 0 Å². The number of carbonyl (C=O) groups excluding carboxylic acids is 2. The molecule has 0 N–H and O–H groups in total. The largest absolute Gasteiger partial charge is 0.471 e. The van der Waals surface area contributed by atoms with Gasteiger partial charge >= 0.3 is 24.2 Å². The number of alkyl halides is 6. The Kier molecular flexibility index (Phi) is 5.78. The molecule has 6 rings (SSSR count). The molecular formula is C20H16F6N2O2. The SMILES string of the molecule is O=C(N1Cc2ccc(cc2)CN(C(=O)C(F)(F)F)Cc2ccc(cc2)C1)C(F)(F)F. The van der Waals surface area contributed by atoms with Gasteiger partial charge < -0.3 is 9.80 Å². The van der Waals surface area contributed by atoms with Crippen molar-refractivity contribution in [1.29, 1.82) is 0 Å². The summed E-state index contributed by atoms with van der Waals surface area (Å²) in [6, 6.07) is 11.4. The van der Waals surface area contributed by atoms with Crippen LogP contribution < -0.4 is 0 Å². The van der Waals surface area contributed by atoms with E-state index in [0.29, 0.717) is 32.1 Å². The summed E-state index contributed by atoms with van der Waals surface area (Å²) in [7, 11) is 0. The van der Waals surface area contributed by atoms with Crippen LogP contribution in [0, 0.1) is 0 Å². The van der Waals surface area contributed by atoms with Crippen LogP contribution in [0.1, 0.15) is 22.3 Å². The summed E-state index contributed by atoms with van der Waals surface area (Å²) >= 11 is 0. The van der Waals surface area contributed by atoms with Gasteiger partial charge in [-0.3, -0.25) is 9.59 Å². The minimum atomic E-state index is -5.04. The molecule has 0 aliphatic carbocycles. The van der Waals surface area contributed by atoms with Crippen LogP contribution in [0.15, 0.2) is 48.5 Å². The van der Waals surface area contributed by atoms with E-state index in [-0.39, 0.29) is 26.2 Å². The Balaban J connectivity index is 1.99. The van der Waals surface area contributed by atoms with Gasteiger partial charge in [0.2, 0.25) is 0 Å². The zero-order valence-corrected chi connectivity index (χ0v) is 15.4. The first-order chi connectivity index (χ1) is 13.9. The van der Waals surface area contributed by atoms with Crippen molar-refractivity contribution in [2.75, 3.05) is 0 Å². The average Bonchev–Trinajstić information content (AvgIpc) is 2.67. The van der Waals surface area contributed by atoms with Crippen molar-refractivity contribution >= 4 is 11.8 Å². The van der Waals surface area contributed by atoms with E-state index >= 15 is 0 Å². The molecule has 0 spiro atoms. The second-order valence-corrected chi connectivity index (χ2v) is 6.95. The van der Waals surface area contributed by atoms with Gasteiger partial charge in [-0.15, -0.1) is 0 Å². The molecule has 30 heavy (non-hydrogen) atoms. The minimum absolute atomic E-state index is 0.328. The van der Waals surface area contributed by atoms with Gasteiger partial charge in [0.15, 0.2) is 0 Å².